The highest BCUT2D eigenvalue weighted by molar-refractivity contribution is 7.80. The van der Waals surface area contributed by atoms with Crippen molar-refractivity contribution in [2.24, 2.45) is 11.7 Å². The highest BCUT2D eigenvalue weighted by Crippen LogP contribution is 2.23. The van der Waals surface area contributed by atoms with E-state index in [-0.39, 0.29) is 0 Å². The lowest BCUT2D eigenvalue weighted by atomic mass is 9.95. The minimum absolute atomic E-state index is 0.441. The first-order chi connectivity index (χ1) is 7.27. The molecule has 2 aliphatic heterocycles. The minimum Gasteiger partial charge on any atom is -0.393 e. The number of thiocarbonyl (C=S) groups is 1. The lowest BCUT2D eigenvalue weighted by molar-refractivity contribution is 0.0232. The Balaban J connectivity index is 1.88. The second-order valence-electron chi connectivity index (χ2n) is 4.58. The van der Waals surface area contributed by atoms with Crippen LogP contribution in [0.3, 0.4) is 0 Å². The van der Waals surface area contributed by atoms with Gasteiger partial charge in [-0.25, -0.2) is 0 Å². The highest BCUT2D eigenvalue weighted by Gasteiger charge is 2.28. The fraction of sp³-hybridized carbons (Fsp3) is 0.909. The average Bonchev–Trinajstić information content (AvgIpc) is 2.30. The molecule has 2 N–H and O–H groups in total. The van der Waals surface area contributed by atoms with Crippen molar-refractivity contribution in [2.75, 3.05) is 26.3 Å². The molecule has 2 aliphatic rings. The van der Waals surface area contributed by atoms with Crippen LogP contribution >= 0.6 is 12.2 Å². The normalized spacial score (nSPS) is 30.3. The number of nitrogens with zero attached hydrogens (tertiary/aromatic N) is 1. The van der Waals surface area contributed by atoms with Crippen molar-refractivity contribution in [1.82, 2.24) is 4.90 Å². The van der Waals surface area contributed by atoms with Gasteiger partial charge in [-0.15, -0.1) is 0 Å². The lowest BCUT2D eigenvalue weighted by Gasteiger charge is -2.39. The lowest BCUT2D eigenvalue weighted by Crippen LogP contribution is -2.47. The molecule has 0 aromatic rings. The van der Waals surface area contributed by atoms with Crippen molar-refractivity contribution >= 4 is 17.2 Å². The first-order valence-corrected chi connectivity index (χ1v) is 6.29. The van der Waals surface area contributed by atoms with Gasteiger partial charge in [0.1, 0.15) is 0 Å². The van der Waals surface area contributed by atoms with E-state index in [2.05, 4.69) is 4.90 Å². The van der Waals surface area contributed by atoms with Crippen LogP contribution in [0.25, 0.3) is 0 Å². The Morgan fingerprint density at radius 1 is 1.27 bits per heavy atom. The number of nitrogens with two attached hydrogens (primary N) is 1. The topological polar surface area (TPSA) is 38.5 Å². The quantitative estimate of drug-likeness (QED) is 0.720. The van der Waals surface area contributed by atoms with Gasteiger partial charge in [0.05, 0.1) is 4.99 Å². The van der Waals surface area contributed by atoms with Gasteiger partial charge in [0, 0.05) is 31.7 Å². The van der Waals surface area contributed by atoms with Gasteiger partial charge < -0.3 is 10.5 Å². The van der Waals surface area contributed by atoms with Crippen LogP contribution in [0.5, 0.6) is 0 Å². The second-order valence-corrected chi connectivity index (χ2v) is 5.05. The summed E-state index contributed by atoms with van der Waals surface area (Å²) in [6.07, 6.45) is 4.75. The van der Waals surface area contributed by atoms with Gasteiger partial charge in [-0.1, -0.05) is 12.2 Å². The van der Waals surface area contributed by atoms with Crippen LogP contribution in [0.4, 0.5) is 0 Å². The van der Waals surface area contributed by atoms with E-state index in [1.807, 2.05) is 0 Å². The molecule has 2 rings (SSSR count). The second kappa shape index (κ2) is 5.23. The Morgan fingerprint density at radius 2 is 2.00 bits per heavy atom. The van der Waals surface area contributed by atoms with Crippen molar-refractivity contribution in [3.05, 3.63) is 0 Å². The third kappa shape index (κ3) is 2.89. The largest absolute Gasteiger partial charge is 0.393 e. The van der Waals surface area contributed by atoms with Crippen LogP contribution in [0.2, 0.25) is 0 Å². The molecule has 0 amide bonds. The standard InChI is InChI=1S/C11H20N2OS/c12-11(15)9-2-1-5-13(8-9)10-3-6-14-7-4-10/h9-10H,1-8H2,(H2,12,15). The molecule has 0 bridgehead atoms. The molecule has 0 spiro atoms. The maximum Gasteiger partial charge on any atom is 0.0771 e. The Hall–Kier alpha value is -0.190. The molecule has 2 saturated heterocycles. The summed E-state index contributed by atoms with van der Waals surface area (Å²) >= 11 is 5.10. The van der Waals surface area contributed by atoms with E-state index in [4.69, 9.17) is 22.7 Å². The number of likely N-dealkylation sites (tertiary alicyclic amines) is 1. The van der Waals surface area contributed by atoms with E-state index in [9.17, 15) is 0 Å². The number of rotatable bonds is 2. The molecular weight excluding hydrogens is 208 g/mol. The summed E-state index contributed by atoms with van der Waals surface area (Å²) in [4.78, 5) is 3.27. The maximum absolute atomic E-state index is 5.74. The average molecular weight is 228 g/mol. The van der Waals surface area contributed by atoms with Gasteiger partial charge in [-0.05, 0) is 32.2 Å². The zero-order chi connectivity index (χ0) is 10.7. The summed E-state index contributed by atoms with van der Waals surface area (Å²) in [6, 6.07) is 0.705. The van der Waals surface area contributed by atoms with Crippen molar-refractivity contribution in [3.8, 4) is 0 Å². The molecule has 1 atom stereocenters. The van der Waals surface area contributed by atoms with E-state index in [1.54, 1.807) is 0 Å². The highest BCUT2D eigenvalue weighted by atomic mass is 32.1. The molecule has 4 heteroatoms. The van der Waals surface area contributed by atoms with E-state index in [0.717, 1.165) is 19.8 Å². The summed E-state index contributed by atoms with van der Waals surface area (Å²) < 4.78 is 5.39. The molecule has 0 aromatic heterocycles. The summed E-state index contributed by atoms with van der Waals surface area (Å²) in [5.41, 5.74) is 5.74. The number of ether oxygens (including phenoxy) is 1. The number of piperidine rings is 1. The first kappa shape index (κ1) is 11.3. The predicted octanol–water partition coefficient (Wildman–Crippen LogP) is 1.16. The van der Waals surface area contributed by atoms with E-state index < -0.39 is 0 Å². The molecule has 3 nitrogen and oxygen atoms in total. The molecule has 1 unspecified atom stereocenters. The molecule has 0 saturated carbocycles. The Morgan fingerprint density at radius 3 is 2.67 bits per heavy atom. The Bertz CT molecular complexity index is 229. The van der Waals surface area contributed by atoms with Crippen LogP contribution in [0.15, 0.2) is 0 Å². The minimum atomic E-state index is 0.441. The molecule has 15 heavy (non-hydrogen) atoms. The number of hydrogen-bond donors (Lipinski definition) is 1. The van der Waals surface area contributed by atoms with Gasteiger partial charge >= 0.3 is 0 Å². The Kier molecular flexibility index (Phi) is 3.94. The van der Waals surface area contributed by atoms with E-state index in [0.29, 0.717) is 16.9 Å². The third-order valence-corrected chi connectivity index (χ3v) is 3.90. The third-order valence-electron chi connectivity index (χ3n) is 3.56. The molecule has 0 radical (unpaired) electrons. The van der Waals surface area contributed by atoms with Crippen LogP contribution in [0, 0.1) is 5.92 Å². The maximum atomic E-state index is 5.74. The van der Waals surface area contributed by atoms with E-state index >= 15 is 0 Å². The zero-order valence-corrected chi connectivity index (χ0v) is 9.97. The summed E-state index contributed by atoms with van der Waals surface area (Å²) in [5, 5.41) is 0. The first-order valence-electron chi connectivity index (χ1n) is 5.88. The van der Waals surface area contributed by atoms with Gasteiger partial charge in [0.25, 0.3) is 0 Å². The molecule has 2 fully saturated rings. The zero-order valence-electron chi connectivity index (χ0n) is 9.15. The van der Waals surface area contributed by atoms with Crippen LogP contribution in [-0.4, -0.2) is 42.2 Å². The monoisotopic (exact) mass is 228 g/mol. The van der Waals surface area contributed by atoms with Crippen LogP contribution in [-0.2, 0) is 4.74 Å². The predicted molar refractivity (Wildman–Crippen MR) is 64.9 cm³/mol. The molecular formula is C11H20N2OS. The van der Waals surface area contributed by atoms with Gasteiger partial charge in [-0.2, -0.15) is 0 Å². The fourth-order valence-electron chi connectivity index (χ4n) is 2.62. The van der Waals surface area contributed by atoms with Crippen molar-refractivity contribution in [1.29, 1.82) is 0 Å². The summed E-state index contributed by atoms with van der Waals surface area (Å²) in [7, 11) is 0. The van der Waals surface area contributed by atoms with Gasteiger partial charge in [0.15, 0.2) is 0 Å². The molecule has 0 aliphatic carbocycles. The van der Waals surface area contributed by atoms with Gasteiger partial charge in [-0.3, -0.25) is 4.90 Å². The Labute approximate surface area is 96.9 Å². The van der Waals surface area contributed by atoms with Crippen molar-refractivity contribution in [2.45, 2.75) is 31.7 Å². The van der Waals surface area contributed by atoms with Crippen molar-refractivity contribution < 1.29 is 4.74 Å². The SMILES string of the molecule is NC(=S)C1CCCN(C2CCOCC2)C1. The smallest absolute Gasteiger partial charge is 0.0771 e. The van der Waals surface area contributed by atoms with Crippen molar-refractivity contribution in [3.63, 3.8) is 0 Å². The van der Waals surface area contributed by atoms with Crippen LogP contribution in [0.1, 0.15) is 25.7 Å². The number of hydrogen-bond acceptors (Lipinski definition) is 3. The molecule has 2 heterocycles. The summed E-state index contributed by atoms with van der Waals surface area (Å²) in [5.74, 6) is 0.441. The summed E-state index contributed by atoms with van der Waals surface area (Å²) in [6.45, 7) is 4.11. The van der Waals surface area contributed by atoms with Gasteiger partial charge in [0.2, 0.25) is 0 Å². The fourth-order valence-corrected chi connectivity index (χ4v) is 2.81. The molecule has 0 aromatic carbocycles. The molecule has 86 valence electrons. The van der Waals surface area contributed by atoms with E-state index in [1.165, 1.54) is 32.2 Å². The van der Waals surface area contributed by atoms with Crippen LogP contribution < -0.4 is 5.73 Å².